The van der Waals surface area contributed by atoms with Crippen LogP contribution in [0.3, 0.4) is 0 Å². The fourth-order valence-electron chi connectivity index (χ4n) is 1.55. The van der Waals surface area contributed by atoms with Crippen molar-refractivity contribution in [2.45, 2.75) is 5.03 Å². The van der Waals surface area contributed by atoms with E-state index in [1.165, 1.54) is 23.6 Å². The highest BCUT2D eigenvalue weighted by atomic mass is 32.2. The lowest BCUT2D eigenvalue weighted by Gasteiger charge is -2.01. The van der Waals surface area contributed by atoms with Gasteiger partial charge in [0.25, 0.3) is 0 Å². The van der Waals surface area contributed by atoms with Gasteiger partial charge in [-0.2, -0.15) is 0 Å². The molecule has 0 N–H and O–H groups in total. The molecule has 19 heavy (non-hydrogen) atoms. The van der Waals surface area contributed by atoms with Gasteiger partial charge in [0.05, 0.1) is 17.4 Å². The number of thiazole rings is 1. The van der Waals surface area contributed by atoms with E-state index in [1.54, 1.807) is 17.8 Å². The van der Waals surface area contributed by atoms with Gasteiger partial charge in [-0.15, -0.1) is 11.3 Å². The maximum absolute atomic E-state index is 11.3. The average molecular weight is 292 g/mol. The summed E-state index contributed by atoms with van der Waals surface area (Å²) in [5.74, 6) is 0. The van der Waals surface area contributed by atoms with Crippen LogP contribution in [0.2, 0.25) is 0 Å². The van der Waals surface area contributed by atoms with E-state index in [-0.39, 0.29) is 5.03 Å². The first-order valence-electron chi connectivity index (χ1n) is 5.27. The van der Waals surface area contributed by atoms with Crippen LogP contribution in [0.25, 0.3) is 21.7 Å². The second kappa shape index (κ2) is 4.32. The zero-order valence-electron chi connectivity index (χ0n) is 9.81. The van der Waals surface area contributed by atoms with Gasteiger partial charge in [0.1, 0.15) is 0 Å². The number of hydrogen-bond donors (Lipinski definition) is 0. The van der Waals surface area contributed by atoms with Crippen LogP contribution in [0.1, 0.15) is 0 Å². The first-order chi connectivity index (χ1) is 9.04. The zero-order chi connectivity index (χ0) is 13.5. The third-order valence-electron chi connectivity index (χ3n) is 2.47. The summed E-state index contributed by atoms with van der Waals surface area (Å²) >= 11 is 1.40. The summed E-state index contributed by atoms with van der Waals surface area (Å²) in [5.41, 5.74) is 3.65. The SMILES string of the molecule is CS(=O)(=O)c1ccc(-c2cnc3ncsc3n2)cn1. The second-order valence-corrected chi connectivity index (χ2v) is 6.69. The van der Waals surface area contributed by atoms with Crippen molar-refractivity contribution < 1.29 is 8.42 Å². The standard InChI is InChI=1S/C11H8N4O2S2/c1-19(16,17)9-3-2-7(4-12-9)8-5-13-10-11(15-8)18-6-14-10/h2-6H,1H3. The second-order valence-electron chi connectivity index (χ2n) is 3.89. The Morgan fingerprint density at radius 2 is 1.95 bits per heavy atom. The molecule has 0 atom stereocenters. The molecule has 3 aromatic rings. The molecule has 0 aliphatic rings. The Morgan fingerprint density at radius 3 is 2.63 bits per heavy atom. The van der Waals surface area contributed by atoms with Gasteiger partial charge in [-0.3, -0.25) is 0 Å². The van der Waals surface area contributed by atoms with Crippen molar-refractivity contribution in [2.75, 3.05) is 6.26 Å². The molecule has 0 saturated carbocycles. The van der Waals surface area contributed by atoms with Gasteiger partial charge in [0.2, 0.25) is 0 Å². The third kappa shape index (κ3) is 2.32. The minimum absolute atomic E-state index is 0.0445. The van der Waals surface area contributed by atoms with E-state index in [1.807, 2.05) is 0 Å². The van der Waals surface area contributed by atoms with E-state index in [0.29, 0.717) is 11.3 Å². The number of hydrogen-bond acceptors (Lipinski definition) is 7. The van der Waals surface area contributed by atoms with Crippen LogP contribution in [-0.4, -0.2) is 34.6 Å². The minimum atomic E-state index is -3.28. The number of aromatic nitrogens is 4. The minimum Gasteiger partial charge on any atom is -0.244 e. The predicted molar refractivity (Wildman–Crippen MR) is 71.6 cm³/mol. The van der Waals surface area contributed by atoms with Crippen molar-refractivity contribution in [3.63, 3.8) is 0 Å². The average Bonchev–Trinajstić information content (AvgIpc) is 2.85. The molecule has 3 heterocycles. The molecule has 0 aromatic carbocycles. The number of nitrogens with zero attached hydrogens (tertiary/aromatic N) is 4. The molecule has 0 amide bonds. The summed E-state index contributed by atoms with van der Waals surface area (Å²) in [5, 5.41) is 0.0445. The van der Waals surface area contributed by atoms with Gasteiger partial charge < -0.3 is 0 Å². The van der Waals surface area contributed by atoms with Gasteiger partial charge in [0.15, 0.2) is 25.3 Å². The van der Waals surface area contributed by atoms with Crippen LogP contribution < -0.4 is 0 Å². The van der Waals surface area contributed by atoms with Crippen LogP contribution in [0.5, 0.6) is 0 Å². The van der Waals surface area contributed by atoms with Crippen LogP contribution in [0.4, 0.5) is 0 Å². The third-order valence-corrected chi connectivity index (χ3v) is 4.18. The van der Waals surface area contributed by atoms with Crippen molar-refractivity contribution >= 4 is 31.7 Å². The molecule has 0 fully saturated rings. The number of fused-ring (bicyclic) bond motifs is 1. The highest BCUT2D eigenvalue weighted by Gasteiger charge is 2.10. The normalized spacial score (nSPS) is 11.8. The van der Waals surface area contributed by atoms with Crippen molar-refractivity contribution in [2.24, 2.45) is 0 Å². The van der Waals surface area contributed by atoms with E-state index in [2.05, 4.69) is 19.9 Å². The van der Waals surface area contributed by atoms with E-state index >= 15 is 0 Å². The lowest BCUT2D eigenvalue weighted by atomic mass is 10.2. The predicted octanol–water partition coefficient (Wildman–Crippen LogP) is 1.55. The summed E-state index contributed by atoms with van der Waals surface area (Å²) in [4.78, 5) is 17.3. The molecule has 96 valence electrons. The molecule has 0 radical (unpaired) electrons. The summed E-state index contributed by atoms with van der Waals surface area (Å²) in [6.45, 7) is 0. The maximum atomic E-state index is 11.3. The van der Waals surface area contributed by atoms with E-state index in [9.17, 15) is 8.42 Å². The topological polar surface area (TPSA) is 85.7 Å². The van der Waals surface area contributed by atoms with Crippen molar-refractivity contribution in [3.05, 3.63) is 30.0 Å². The molecular formula is C11H8N4O2S2. The van der Waals surface area contributed by atoms with Crippen molar-refractivity contribution in [1.29, 1.82) is 0 Å². The van der Waals surface area contributed by atoms with E-state index in [4.69, 9.17) is 0 Å². The molecule has 6 nitrogen and oxygen atoms in total. The molecular weight excluding hydrogens is 284 g/mol. The first kappa shape index (κ1) is 12.1. The quantitative estimate of drug-likeness (QED) is 0.712. The Hall–Kier alpha value is -1.93. The van der Waals surface area contributed by atoms with E-state index < -0.39 is 9.84 Å². The Labute approximate surface area is 113 Å². The Balaban J connectivity index is 2.06. The van der Waals surface area contributed by atoms with Crippen LogP contribution in [0, 0.1) is 0 Å². The lowest BCUT2D eigenvalue weighted by Crippen LogP contribution is -2.00. The Morgan fingerprint density at radius 1 is 1.11 bits per heavy atom. The lowest BCUT2D eigenvalue weighted by molar-refractivity contribution is 0.598. The number of pyridine rings is 1. The molecule has 0 saturated heterocycles. The van der Waals surface area contributed by atoms with Gasteiger partial charge >= 0.3 is 0 Å². The molecule has 3 aromatic heterocycles. The molecule has 0 spiro atoms. The van der Waals surface area contributed by atoms with Gasteiger partial charge in [-0.05, 0) is 12.1 Å². The largest absolute Gasteiger partial charge is 0.244 e. The summed E-state index contributed by atoms with van der Waals surface area (Å²) in [6, 6.07) is 3.13. The van der Waals surface area contributed by atoms with Gasteiger partial charge in [-0.25, -0.2) is 28.4 Å². The molecule has 8 heteroatoms. The summed E-state index contributed by atoms with van der Waals surface area (Å²) in [6.07, 6.45) is 4.20. The fourth-order valence-corrected chi connectivity index (χ4v) is 2.72. The van der Waals surface area contributed by atoms with Crippen LogP contribution in [-0.2, 0) is 9.84 Å². The van der Waals surface area contributed by atoms with E-state index in [0.717, 1.165) is 16.6 Å². The highest BCUT2D eigenvalue weighted by molar-refractivity contribution is 7.90. The smallest absolute Gasteiger partial charge is 0.192 e. The van der Waals surface area contributed by atoms with Crippen molar-refractivity contribution in [1.82, 2.24) is 19.9 Å². The highest BCUT2D eigenvalue weighted by Crippen LogP contribution is 2.20. The van der Waals surface area contributed by atoms with Crippen LogP contribution in [0.15, 0.2) is 35.1 Å². The molecule has 0 bridgehead atoms. The monoisotopic (exact) mass is 292 g/mol. The van der Waals surface area contributed by atoms with Crippen LogP contribution >= 0.6 is 11.3 Å². The Bertz CT molecular complexity index is 841. The van der Waals surface area contributed by atoms with Gasteiger partial charge in [-0.1, -0.05) is 0 Å². The molecule has 0 aliphatic carbocycles. The zero-order valence-corrected chi connectivity index (χ0v) is 11.4. The summed E-state index contributed by atoms with van der Waals surface area (Å²) < 4.78 is 22.6. The number of rotatable bonds is 2. The fraction of sp³-hybridized carbons (Fsp3) is 0.0909. The molecule has 0 unspecified atom stereocenters. The maximum Gasteiger partial charge on any atom is 0.192 e. The Kier molecular flexibility index (Phi) is 2.76. The van der Waals surface area contributed by atoms with Gasteiger partial charge in [0, 0.05) is 18.0 Å². The molecule has 3 rings (SSSR count). The first-order valence-corrected chi connectivity index (χ1v) is 8.04. The molecule has 0 aliphatic heterocycles. The summed E-state index contributed by atoms with van der Waals surface area (Å²) in [7, 11) is -3.28. The van der Waals surface area contributed by atoms with Crippen molar-refractivity contribution in [3.8, 4) is 11.3 Å². The number of sulfone groups is 1.